The third kappa shape index (κ3) is 5.39. The number of methoxy groups -OCH3 is 2. The van der Waals surface area contributed by atoms with E-state index in [-0.39, 0.29) is 5.56 Å². The van der Waals surface area contributed by atoms with Crippen LogP contribution in [0, 0.1) is 0 Å². The second-order valence-electron chi connectivity index (χ2n) is 9.20. The van der Waals surface area contributed by atoms with E-state index >= 15 is 0 Å². The van der Waals surface area contributed by atoms with Crippen molar-refractivity contribution in [2.75, 3.05) is 20.8 Å². The summed E-state index contributed by atoms with van der Waals surface area (Å²) >= 11 is 1.28. The van der Waals surface area contributed by atoms with Crippen LogP contribution < -0.4 is 24.3 Å². The molecule has 0 saturated carbocycles. The highest BCUT2D eigenvalue weighted by molar-refractivity contribution is 7.15. The van der Waals surface area contributed by atoms with Gasteiger partial charge in [-0.25, -0.2) is 4.68 Å². The Morgan fingerprint density at radius 3 is 2.40 bits per heavy atom. The Labute approximate surface area is 245 Å². The van der Waals surface area contributed by atoms with Crippen molar-refractivity contribution in [1.82, 2.24) is 24.4 Å². The number of aromatic nitrogens is 5. The normalized spacial score (nSPS) is 11.9. The van der Waals surface area contributed by atoms with Crippen LogP contribution in [0.2, 0.25) is 0 Å². The Hall–Kier alpha value is -5.22. The van der Waals surface area contributed by atoms with Gasteiger partial charge in [0, 0.05) is 17.3 Å². The smallest absolute Gasteiger partial charge is 0.291 e. The predicted octanol–water partition coefficient (Wildman–Crippen LogP) is 5.14. The monoisotopic (exact) mass is 577 g/mol. The molecule has 0 aliphatic rings. The number of nitrogens with zero attached hydrogens (tertiary/aromatic N) is 5. The molecule has 0 fully saturated rings. The van der Waals surface area contributed by atoms with Gasteiger partial charge in [0.05, 0.1) is 31.0 Å². The molecular weight excluding hydrogens is 550 g/mol. The van der Waals surface area contributed by atoms with Crippen LogP contribution >= 0.6 is 11.3 Å². The second-order valence-corrected chi connectivity index (χ2v) is 10.2. The number of ether oxygens (including phenoxy) is 3. The maximum Gasteiger partial charge on any atom is 0.291 e. The Morgan fingerprint density at radius 1 is 0.905 bits per heavy atom. The summed E-state index contributed by atoms with van der Waals surface area (Å²) in [6.07, 6.45) is 7.43. The molecule has 0 radical (unpaired) electrons. The van der Waals surface area contributed by atoms with Crippen LogP contribution in [0.25, 0.3) is 40.1 Å². The highest BCUT2D eigenvalue weighted by atomic mass is 32.1. The first-order chi connectivity index (χ1) is 20.6. The van der Waals surface area contributed by atoms with Gasteiger partial charge in [-0.05, 0) is 67.1 Å². The second kappa shape index (κ2) is 11.7. The fourth-order valence-electron chi connectivity index (χ4n) is 4.49. The molecule has 3 heterocycles. The van der Waals surface area contributed by atoms with Gasteiger partial charge < -0.3 is 14.2 Å². The third-order valence-electron chi connectivity index (χ3n) is 6.52. The van der Waals surface area contributed by atoms with Crippen LogP contribution in [-0.2, 0) is 0 Å². The molecule has 210 valence electrons. The molecule has 6 aromatic rings. The van der Waals surface area contributed by atoms with Gasteiger partial charge in [0.15, 0.2) is 17.3 Å². The summed E-state index contributed by atoms with van der Waals surface area (Å²) in [7, 11) is 3.19. The molecular formula is C32H27N5O4S. The molecule has 0 unspecified atom stereocenters. The zero-order chi connectivity index (χ0) is 29.1. The molecule has 0 aliphatic carbocycles. The predicted molar refractivity (Wildman–Crippen MR) is 165 cm³/mol. The van der Waals surface area contributed by atoms with E-state index in [1.165, 1.54) is 15.9 Å². The number of para-hydroxylation sites is 1. The Morgan fingerprint density at radius 2 is 1.69 bits per heavy atom. The van der Waals surface area contributed by atoms with Crippen LogP contribution in [0.1, 0.15) is 23.9 Å². The molecule has 0 atom stereocenters. The van der Waals surface area contributed by atoms with E-state index in [1.807, 2.05) is 98.1 Å². The van der Waals surface area contributed by atoms with Crippen molar-refractivity contribution in [3.63, 3.8) is 0 Å². The van der Waals surface area contributed by atoms with Gasteiger partial charge in [-0.3, -0.25) is 4.79 Å². The van der Waals surface area contributed by atoms with E-state index in [4.69, 9.17) is 19.3 Å². The Kier molecular flexibility index (Phi) is 7.52. The van der Waals surface area contributed by atoms with E-state index in [1.54, 1.807) is 25.0 Å². The van der Waals surface area contributed by atoms with Gasteiger partial charge in [0.1, 0.15) is 11.4 Å². The minimum Gasteiger partial charge on any atom is -0.494 e. The van der Waals surface area contributed by atoms with Crippen LogP contribution in [0.5, 0.6) is 17.2 Å². The number of hydrogen-bond donors (Lipinski definition) is 0. The van der Waals surface area contributed by atoms with Crippen LogP contribution in [0.3, 0.4) is 0 Å². The lowest BCUT2D eigenvalue weighted by Gasteiger charge is -2.09. The van der Waals surface area contributed by atoms with Crippen LogP contribution in [-0.4, -0.2) is 45.2 Å². The number of thiazole rings is 1. The fraction of sp³-hybridized carbons (Fsp3) is 0.125. The van der Waals surface area contributed by atoms with Crippen molar-refractivity contribution in [3.05, 3.63) is 111 Å². The summed E-state index contributed by atoms with van der Waals surface area (Å²) in [5.41, 5.74) is 3.91. The summed E-state index contributed by atoms with van der Waals surface area (Å²) in [5.74, 6) is 2.48. The summed E-state index contributed by atoms with van der Waals surface area (Å²) in [6.45, 7) is 2.57. The van der Waals surface area contributed by atoms with Gasteiger partial charge in [-0.2, -0.15) is 14.6 Å². The minimum absolute atomic E-state index is 0.242. The Bertz CT molecular complexity index is 1990. The summed E-state index contributed by atoms with van der Waals surface area (Å²) in [4.78, 5) is 18.4. The third-order valence-corrected chi connectivity index (χ3v) is 7.48. The molecule has 0 N–H and O–H groups in total. The molecule has 0 spiro atoms. The molecule has 42 heavy (non-hydrogen) atoms. The van der Waals surface area contributed by atoms with Crippen molar-refractivity contribution in [2.45, 2.75) is 6.92 Å². The average Bonchev–Trinajstić information content (AvgIpc) is 3.71. The van der Waals surface area contributed by atoms with Crippen molar-refractivity contribution < 1.29 is 14.2 Å². The fourth-order valence-corrected chi connectivity index (χ4v) is 5.39. The van der Waals surface area contributed by atoms with Gasteiger partial charge in [-0.1, -0.05) is 47.7 Å². The molecule has 0 bridgehead atoms. The standard InChI is InChI=1S/C32H27N5O4S/c1-4-41-25-14-10-21(11-15-25)12-17-29-33-32-37(34-29)31(38)28(42-32)19-23-20-36(24-8-6-5-7-9-24)35-30(23)22-13-16-26(39-2)27(18-22)40-3/h5-20H,4H2,1-3H3/b17-12+,28-19-. The average molecular weight is 578 g/mol. The summed E-state index contributed by atoms with van der Waals surface area (Å²) < 4.78 is 20.1. The zero-order valence-electron chi connectivity index (χ0n) is 23.2. The highest BCUT2D eigenvalue weighted by Gasteiger charge is 2.16. The topological polar surface area (TPSA) is 92.8 Å². The first-order valence-corrected chi connectivity index (χ1v) is 14.1. The van der Waals surface area contributed by atoms with E-state index < -0.39 is 0 Å². The van der Waals surface area contributed by atoms with Crippen molar-refractivity contribution in [1.29, 1.82) is 0 Å². The Balaban J connectivity index is 1.37. The largest absolute Gasteiger partial charge is 0.494 e. The van der Waals surface area contributed by atoms with Crippen molar-refractivity contribution in [3.8, 4) is 34.2 Å². The lowest BCUT2D eigenvalue weighted by atomic mass is 10.1. The molecule has 9 nitrogen and oxygen atoms in total. The molecule has 3 aromatic heterocycles. The number of fused-ring (bicyclic) bond motifs is 1. The highest BCUT2D eigenvalue weighted by Crippen LogP contribution is 2.33. The van der Waals surface area contributed by atoms with Crippen molar-refractivity contribution in [2.24, 2.45) is 0 Å². The SMILES string of the molecule is CCOc1ccc(/C=C/c2nc3s/c(=C\c4cn(-c5ccccc5)nc4-c4ccc(OC)c(OC)c4)c(=O)n3n2)cc1. The lowest BCUT2D eigenvalue weighted by Crippen LogP contribution is -2.23. The number of benzene rings is 3. The first-order valence-electron chi connectivity index (χ1n) is 13.3. The maximum atomic E-state index is 13.4. The molecule has 10 heteroatoms. The summed E-state index contributed by atoms with van der Waals surface area (Å²) in [5, 5.41) is 9.30. The van der Waals surface area contributed by atoms with E-state index in [0.717, 1.165) is 28.1 Å². The lowest BCUT2D eigenvalue weighted by molar-refractivity contribution is 0.340. The summed E-state index contributed by atoms with van der Waals surface area (Å²) in [6, 6.07) is 23.2. The molecule has 0 amide bonds. The molecule has 0 saturated heterocycles. The first kappa shape index (κ1) is 27.0. The van der Waals surface area contributed by atoms with Crippen LogP contribution in [0.15, 0.2) is 83.8 Å². The van der Waals surface area contributed by atoms with Gasteiger partial charge >= 0.3 is 0 Å². The molecule has 0 aliphatic heterocycles. The number of hydrogen-bond acceptors (Lipinski definition) is 8. The minimum atomic E-state index is -0.242. The zero-order valence-corrected chi connectivity index (χ0v) is 24.0. The van der Waals surface area contributed by atoms with Crippen LogP contribution in [0.4, 0.5) is 0 Å². The van der Waals surface area contributed by atoms with Gasteiger partial charge in [0.25, 0.3) is 5.56 Å². The number of rotatable bonds is 9. The quantitative estimate of drug-likeness (QED) is 0.235. The van der Waals surface area contributed by atoms with Gasteiger partial charge in [-0.15, -0.1) is 5.10 Å². The maximum absolute atomic E-state index is 13.4. The van der Waals surface area contributed by atoms with Gasteiger partial charge in [0.2, 0.25) is 4.96 Å². The molecule has 3 aromatic carbocycles. The van der Waals surface area contributed by atoms with E-state index in [2.05, 4.69) is 10.1 Å². The van der Waals surface area contributed by atoms with E-state index in [9.17, 15) is 4.79 Å². The molecule has 6 rings (SSSR count). The van der Waals surface area contributed by atoms with E-state index in [0.29, 0.717) is 39.1 Å². The van der Waals surface area contributed by atoms with Crippen molar-refractivity contribution >= 4 is 34.5 Å².